The third kappa shape index (κ3) is 4.33. The minimum Gasteiger partial charge on any atom is -0.489 e. The fraction of sp³-hybridized carbons (Fsp3) is 0.421. The lowest BCUT2D eigenvalue weighted by Gasteiger charge is -2.22. The van der Waals surface area contributed by atoms with Crippen molar-refractivity contribution in [1.29, 1.82) is 0 Å². The second-order valence-corrected chi connectivity index (χ2v) is 7.57. The molecular weight excluding hydrogens is 433 g/mol. The van der Waals surface area contributed by atoms with Gasteiger partial charge >= 0.3 is 5.69 Å². The Morgan fingerprint density at radius 2 is 1.97 bits per heavy atom. The Morgan fingerprint density at radius 3 is 2.60 bits per heavy atom. The summed E-state index contributed by atoms with van der Waals surface area (Å²) in [5.74, 6) is 0.880. The molecule has 0 unspecified atom stereocenters. The number of aryl methyl sites for hydroxylation is 1. The summed E-state index contributed by atoms with van der Waals surface area (Å²) in [6.07, 6.45) is -0.972. The summed E-state index contributed by atoms with van der Waals surface area (Å²) >= 11 is 12.0. The number of H-pyrrole nitrogens is 1. The van der Waals surface area contributed by atoms with Crippen LogP contribution in [0.5, 0.6) is 5.75 Å². The molecule has 0 aliphatic heterocycles. The molecule has 0 aliphatic carbocycles. The van der Waals surface area contributed by atoms with Crippen molar-refractivity contribution >= 4 is 40.3 Å². The first-order valence-corrected chi connectivity index (χ1v) is 10.2. The van der Waals surface area contributed by atoms with Crippen molar-refractivity contribution in [2.45, 2.75) is 26.5 Å². The van der Waals surface area contributed by atoms with Crippen LogP contribution in [0.1, 0.15) is 13.8 Å². The average Bonchev–Trinajstić information content (AvgIpc) is 3.06. The second kappa shape index (κ2) is 9.11. The minimum absolute atomic E-state index is 0.0365. The summed E-state index contributed by atoms with van der Waals surface area (Å²) < 4.78 is 8.50. The first-order chi connectivity index (χ1) is 14.3. The van der Waals surface area contributed by atoms with E-state index in [0.717, 1.165) is 0 Å². The lowest BCUT2D eigenvalue weighted by molar-refractivity contribution is 0.0937. The molecule has 30 heavy (non-hydrogen) atoms. The van der Waals surface area contributed by atoms with Crippen molar-refractivity contribution in [3.05, 3.63) is 49.1 Å². The lowest BCUT2D eigenvalue weighted by atomic mass is 10.3. The van der Waals surface area contributed by atoms with Gasteiger partial charge in [0.15, 0.2) is 11.2 Å². The zero-order chi connectivity index (χ0) is 22.0. The summed E-state index contributed by atoms with van der Waals surface area (Å²) in [6, 6.07) is 4.80. The van der Waals surface area contributed by atoms with Crippen LogP contribution in [0, 0.1) is 0 Å². The molecule has 0 bridgehead atoms. The molecule has 2 aromatic heterocycles. The van der Waals surface area contributed by atoms with Crippen molar-refractivity contribution in [3.8, 4) is 5.75 Å². The smallest absolute Gasteiger partial charge is 0.329 e. The van der Waals surface area contributed by atoms with Crippen LogP contribution in [-0.4, -0.2) is 50.0 Å². The van der Waals surface area contributed by atoms with Crippen LogP contribution >= 0.6 is 23.2 Å². The van der Waals surface area contributed by atoms with E-state index in [0.29, 0.717) is 34.8 Å². The Labute approximate surface area is 182 Å². The normalized spacial score (nSPS) is 12.3. The molecule has 2 N–H and O–H groups in total. The molecule has 0 saturated heterocycles. The number of fused-ring (bicyclic) bond motifs is 1. The van der Waals surface area contributed by atoms with Gasteiger partial charge in [-0.3, -0.25) is 14.3 Å². The molecule has 1 aromatic carbocycles. The second-order valence-electron chi connectivity index (χ2n) is 6.72. The van der Waals surface area contributed by atoms with E-state index in [1.54, 1.807) is 22.8 Å². The average molecular weight is 456 g/mol. The number of ether oxygens (including phenoxy) is 1. The number of hydrogen-bond donors (Lipinski definition) is 2. The van der Waals surface area contributed by atoms with Gasteiger partial charge in [0, 0.05) is 25.2 Å². The van der Waals surface area contributed by atoms with Crippen molar-refractivity contribution in [1.82, 2.24) is 19.1 Å². The molecule has 0 spiro atoms. The number of aliphatic hydroxyl groups is 1. The van der Waals surface area contributed by atoms with Gasteiger partial charge in [-0.1, -0.05) is 23.2 Å². The maximum Gasteiger partial charge on any atom is 0.329 e. The number of nitrogens with one attached hydrogen (secondary N) is 1. The van der Waals surface area contributed by atoms with Crippen molar-refractivity contribution in [2.24, 2.45) is 7.05 Å². The van der Waals surface area contributed by atoms with Gasteiger partial charge in [0.25, 0.3) is 5.56 Å². The largest absolute Gasteiger partial charge is 0.489 e. The number of aromatic nitrogens is 4. The molecule has 0 fully saturated rings. The van der Waals surface area contributed by atoms with E-state index < -0.39 is 17.4 Å². The van der Waals surface area contributed by atoms with E-state index in [1.165, 1.54) is 11.6 Å². The Hall–Kier alpha value is -2.49. The van der Waals surface area contributed by atoms with Crippen molar-refractivity contribution in [3.63, 3.8) is 0 Å². The highest BCUT2D eigenvalue weighted by Gasteiger charge is 2.22. The molecule has 1 atom stereocenters. The molecule has 3 aromatic rings. The fourth-order valence-corrected chi connectivity index (χ4v) is 3.65. The fourth-order valence-electron chi connectivity index (χ4n) is 3.19. The number of benzene rings is 1. The number of hydrogen-bond acceptors (Lipinski definition) is 6. The number of rotatable bonds is 8. The number of anilines is 1. The molecule has 162 valence electrons. The summed E-state index contributed by atoms with van der Waals surface area (Å²) in [7, 11) is 1.53. The van der Waals surface area contributed by atoms with E-state index >= 15 is 0 Å². The number of imidazole rings is 1. The molecule has 0 saturated carbocycles. The molecule has 11 heteroatoms. The minimum atomic E-state index is -0.972. The molecule has 3 rings (SSSR count). The maximum absolute atomic E-state index is 12.5. The van der Waals surface area contributed by atoms with E-state index in [-0.39, 0.29) is 24.3 Å². The predicted octanol–water partition coefficient (Wildman–Crippen LogP) is 2.02. The molecule has 2 heterocycles. The third-order valence-corrected chi connectivity index (χ3v) is 5.28. The van der Waals surface area contributed by atoms with E-state index in [9.17, 15) is 14.7 Å². The highest BCUT2D eigenvalue weighted by molar-refractivity contribution is 6.35. The quantitative estimate of drug-likeness (QED) is 0.538. The van der Waals surface area contributed by atoms with Gasteiger partial charge in [-0.25, -0.2) is 4.79 Å². The first kappa shape index (κ1) is 22.2. The molecule has 0 aliphatic rings. The van der Waals surface area contributed by atoms with Gasteiger partial charge in [0.2, 0.25) is 5.95 Å². The Kier molecular flexibility index (Phi) is 6.74. The summed E-state index contributed by atoms with van der Waals surface area (Å²) in [5, 5.41) is 11.4. The standard InChI is InChI=1S/C19H23Cl2N5O4/c1-4-25(5-2)18-22-16-15(17(28)23-19(29)24(16)3)26(18)9-12(27)10-30-14-7-6-11(20)8-13(14)21/h6-8,12,27H,4-5,9-10H2,1-3H3,(H,23,28,29)/t12-/m0/s1. The lowest BCUT2D eigenvalue weighted by Crippen LogP contribution is -2.32. The zero-order valence-corrected chi connectivity index (χ0v) is 18.4. The predicted molar refractivity (Wildman–Crippen MR) is 117 cm³/mol. The summed E-state index contributed by atoms with van der Waals surface area (Å²) in [6.45, 7) is 5.16. The van der Waals surface area contributed by atoms with Crippen LogP contribution in [0.25, 0.3) is 11.2 Å². The zero-order valence-electron chi connectivity index (χ0n) is 16.9. The first-order valence-electron chi connectivity index (χ1n) is 9.47. The van der Waals surface area contributed by atoms with Crippen LogP contribution in [0.15, 0.2) is 27.8 Å². The van der Waals surface area contributed by atoms with E-state index in [2.05, 4.69) is 9.97 Å². The van der Waals surface area contributed by atoms with Crippen LogP contribution in [-0.2, 0) is 13.6 Å². The highest BCUT2D eigenvalue weighted by Crippen LogP contribution is 2.28. The van der Waals surface area contributed by atoms with Crippen LogP contribution in [0.3, 0.4) is 0 Å². The SMILES string of the molecule is CCN(CC)c1nc2c(c(=O)[nH]c(=O)n2C)n1C[C@H](O)COc1ccc(Cl)cc1Cl. The van der Waals surface area contributed by atoms with Gasteiger partial charge in [0.1, 0.15) is 18.5 Å². The highest BCUT2D eigenvalue weighted by atomic mass is 35.5. The van der Waals surface area contributed by atoms with Gasteiger partial charge in [0.05, 0.1) is 11.6 Å². The number of halogens is 2. The van der Waals surface area contributed by atoms with Crippen LogP contribution in [0.4, 0.5) is 5.95 Å². The number of aliphatic hydroxyl groups excluding tert-OH is 1. The van der Waals surface area contributed by atoms with Crippen LogP contribution in [0.2, 0.25) is 10.0 Å². The molecule has 0 amide bonds. The van der Waals surface area contributed by atoms with E-state index in [1.807, 2.05) is 18.7 Å². The van der Waals surface area contributed by atoms with Gasteiger partial charge in [-0.05, 0) is 32.0 Å². The monoisotopic (exact) mass is 455 g/mol. The summed E-state index contributed by atoms with van der Waals surface area (Å²) in [5.41, 5.74) is -0.653. The number of aromatic amines is 1. The van der Waals surface area contributed by atoms with Crippen LogP contribution < -0.4 is 20.9 Å². The van der Waals surface area contributed by atoms with Gasteiger partial charge in [-0.15, -0.1) is 0 Å². The summed E-state index contributed by atoms with van der Waals surface area (Å²) in [4.78, 5) is 33.2. The number of nitrogens with zero attached hydrogens (tertiary/aromatic N) is 4. The molecular formula is C19H23Cl2N5O4. The Bertz CT molecular complexity index is 1170. The molecule has 0 radical (unpaired) electrons. The van der Waals surface area contributed by atoms with E-state index in [4.69, 9.17) is 27.9 Å². The topological polar surface area (TPSA) is 105 Å². The van der Waals surface area contributed by atoms with Gasteiger partial charge < -0.3 is 19.3 Å². The van der Waals surface area contributed by atoms with Crippen molar-refractivity contribution in [2.75, 3.05) is 24.6 Å². The Morgan fingerprint density at radius 1 is 1.27 bits per heavy atom. The molecule has 9 nitrogen and oxygen atoms in total. The van der Waals surface area contributed by atoms with Gasteiger partial charge in [-0.2, -0.15) is 4.98 Å². The third-order valence-electron chi connectivity index (χ3n) is 4.75. The van der Waals surface area contributed by atoms with Crippen molar-refractivity contribution < 1.29 is 9.84 Å². The maximum atomic E-state index is 12.5. The Balaban J connectivity index is 1.95.